The normalized spacial score (nSPS) is 14.8. The first-order chi connectivity index (χ1) is 18.2. The lowest BCUT2D eigenvalue weighted by Crippen LogP contribution is -2.45. The molecule has 2 N–H and O–H groups in total. The third kappa shape index (κ3) is 10.8. The molecule has 0 bridgehead atoms. The van der Waals surface area contributed by atoms with E-state index in [4.69, 9.17) is 23.9 Å². The maximum atomic E-state index is 13.3. The fraction of sp³-hybridized carbons (Fsp3) is 0.615. The van der Waals surface area contributed by atoms with Gasteiger partial charge in [0.25, 0.3) is 0 Å². The minimum Gasteiger partial charge on any atom is -0.377 e. The number of aromatic nitrogens is 2. The molecule has 10 nitrogen and oxygen atoms in total. The molecule has 0 aliphatic heterocycles. The van der Waals surface area contributed by atoms with E-state index in [-0.39, 0.29) is 12.5 Å². The van der Waals surface area contributed by atoms with Gasteiger partial charge in [0.2, 0.25) is 5.91 Å². The van der Waals surface area contributed by atoms with Crippen LogP contribution in [-0.4, -0.2) is 81.6 Å². The quantitative estimate of drug-likeness (QED) is 0.207. The van der Waals surface area contributed by atoms with Gasteiger partial charge in [0, 0.05) is 30.2 Å². The lowest BCUT2D eigenvalue weighted by Gasteiger charge is -2.35. The average molecular weight is 535 g/mol. The number of amides is 1. The molecule has 0 aromatic carbocycles. The Morgan fingerprint density at radius 2 is 1.68 bits per heavy atom. The highest BCUT2D eigenvalue weighted by atomic mass is 32.1. The van der Waals surface area contributed by atoms with Gasteiger partial charge in [0.15, 0.2) is 5.13 Å². The van der Waals surface area contributed by atoms with Crippen molar-refractivity contribution in [3.63, 3.8) is 0 Å². The Labute approximate surface area is 222 Å². The van der Waals surface area contributed by atoms with Crippen LogP contribution < -0.4 is 10.6 Å². The van der Waals surface area contributed by atoms with Crippen LogP contribution in [0.3, 0.4) is 0 Å². The number of hydrogen-bond acceptors (Lipinski definition) is 10. The van der Waals surface area contributed by atoms with Crippen molar-refractivity contribution in [2.75, 3.05) is 64.7 Å². The van der Waals surface area contributed by atoms with Crippen LogP contribution in [0.25, 0.3) is 0 Å². The number of rotatable bonds is 19. The number of thiazole rings is 1. The van der Waals surface area contributed by atoms with Crippen molar-refractivity contribution in [2.45, 2.75) is 38.5 Å². The summed E-state index contributed by atoms with van der Waals surface area (Å²) in [6.07, 6.45) is 8.08. The molecule has 3 rings (SSSR count). The van der Waals surface area contributed by atoms with Gasteiger partial charge < -0.3 is 34.4 Å². The van der Waals surface area contributed by atoms with Gasteiger partial charge in [-0.05, 0) is 25.0 Å². The summed E-state index contributed by atoms with van der Waals surface area (Å²) in [4.78, 5) is 32.4. The van der Waals surface area contributed by atoms with Crippen LogP contribution >= 0.6 is 11.3 Å². The average Bonchev–Trinajstić information content (AvgIpc) is 3.42. The smallest absolute Gasteiger partial charge is 0.226 e. The Morgan fingerprint density at radius 3 is 2.35 bits per heavy atom. The van der Waals surface area contributed by atoms with E-state index in [1.807, 2.05) is 23.6 Å². The second-order valence-corrected chi connectivity index (χ2v) is 9.72. The van der Waals surface area contributed by atoms with Crippen LogP contribution in [-0.2, 0) is 35.0 Å². The zero-order valence-corrected chi connectivity index (χ0v) is 22.1. The van der Waals surface area contributed by atoms with E-state index in [0.29, 0.717) is 65.5 Å². The number of nitrogens with one attached hydrogen (secondary N) is 2. The van der Waals surface area contributed by atoms with Crippen LogP contribution in [0.4, 0.5) is 10.9 Å². The van der Waals surface area contributed by atoms with Gasteiger partial charge >= 0.3 is 0 Å². The van der Waals surface area contributed by atoms with Gasteiger partial charge in [-0.15, -0.1) is 11.3 Å². The van der Waals surface area contributed by atoms with Crippen LogP contribution in [0.15, 0.2) is 29.8 Å². The number of hydrogen-bond donors (Lipinski definition) is 2. The number of ether oxygens (including phenoxy) is 4. The van der Waals surface area contributed by atoms with Crippen molar-refractivity contribution in [1.82, 2.24) is 15.3 Å². The molecule has 2 heterocycles. The number of carbonyl (C=O) groups is 2. The van der Waals surface area contributed by atoms with Crippen molar-refractivity contribution in [3.8, 4) is 0 Å². The minimum absolute atomic E-state index is 0.0846. The highest BCUT2D eigenvalue weighted by Crippen LogP contribution is 2.39. The zero-order valence-electron chi connectivity index (χ0n) is 21.3. The predicted octanol–water partition coefficient (Wildman–Crippen LogP) is 3.16. The van der Waals surface area contributed by atoms with Gasteiger partial charge in [-0.1, -0.05) is 25.3 Å². The fourth-order valence-corrected chi connectivity index (χ4v) is 4.85. The van der Waals surface area contributed by atoms with Crippen LogP contribution in [0.1, 0.15) is 37.8 Å². The first-order valence-corrected chi connectivity index (χ1v) is 13.8. The second-order valence-electron chi connectivity index (χ2n) is 8.83. The Hall–Kier alpha value is -2.44. The lowest BCUT2D eigenvalue weighted by atomic mass is 9.70. The number of carbonyl (C=O) groups excluding carboxylic acids is 2. The first-order valence-electron chi connectivity index (χ1n) is 12.9. The summed E-state index contributed by atoms with van der Waals surface area (Å²) in [5.74, 6) is 0.825. The van der Waals surface area contributed by atoms with Crippen LogP contribution in [0.5, 0.6) is 0 Å². The fourth-order valence-electron chi connectivity index (χ4n) is 4.32. The number of pyridine rings is 1. The molecule has 1 fully saturated rings. The SMILES string of the molecule is O=CCOCCOCCOCCOCCNC(=O)C1(Cc2cccc(Nc3nccs3)n2)CCCCC1. The number of aldehydes is 1. The molecule has 0 atom stereocenters. The highest BCUT2D eigenvalue weighted by molar-refractivity contribution is 7.13. The molecule has 0 unspecified atom stereocenters. The topological polar surface area (TPSA) is 121 Å². The van der Waals surface area contributed by atoms with Crippen LogP contribution in [0.2, 0.25) is 0 Å². The molecule has 1 aliphatic carbocycles. The van der Waals surface area contributed by atoms with E-state index in [1.165, 1.54) is 11.3 Å². The Kier molecular flexibility index (Phi) is 13.5. The molecule has 1 saturated carbocycles. The van der Waals surface area contributed by atoms with E-state index < -0.39 is 5.41 Å². The third-order valence-electron chi connectivity index (χ3n) is 6.12. The summed E-state index contributed by atoms with van der Waals surface area (Å²) < 4.78 is 21.4. The largest absolute Gasteiger partial charge is 0.377 e. The molecule has 2 aromatic rings. The molecule has 204 valence electrons. The Morgan fingerprint density at radius 1 is 0.973 bits per heavy atom. The standard InChI is InChI=1S/C26H38N4O6S/c31-11-13-34-15-17-36-19-18-35-16-14-33-12-9-27-24(32)26(7-2-1-3-8-26)21-22-5-4-6-23(29-22)30-25-28-10-20-37-25/h4-6,10-11,20H,1-3,7-9,12-19,21H2,(H,27,32)(H,28,29,30). The van der Waals surface area contributed by atoms with E-state index in [0.717, 1.165) is 48.7 Å². The second kappa shape index (κ2) is 17.1. The molecule has 1 aliphatic rings. The molecule has 0 radical (unpaired) electrons. The van der Waals surface area contributed by atoms with Crippen molar-refractivity contribution >= 4 is 34.5 Å². The van der Waals surface area contributed by atoms with Crippen molar-refractivity contribution in [1.29, 1.82) is 0 Å². The molecule has 0 saturated heterocycles. The number of nitrogens with zero attached hydrogens (tertiary/aromatic N) is 2. The molecule has 37 heavy (non-hydrogen) atoms. The van der Waals surface area contributed by atoms with E-state index in [9.17, 15) is 9.59 Å². The van der Waals surface area contributed by atoms with Gasteiger partial charge in [0.05, 0.1) is 51.7 Å². The summed E-state index contributed by atoms with van der Waals surface area (Å²) in [6.45, 7) is 3.64. The van der Waals surface area contributed by atoms with Crippen molar-refractivity contribution < 1.29 is 28.5 Å². The predicted molar refractivity (Wildman–Crippen MR) is 141 cm³/mol. The van der Waals surface area contributed by atoms with Crippen LogP contribution in [0, 0.1) is 5.41 Å². The summed E-state index contributed by atoms with van der Waals surface area (Å²) in [6, 6.07) is 5.88. The molecule has 2 aromatic heterocycles. The third-order valence-corrected chi connectivity index (χ3v) is 6.81. The monoisotopic (exact) mass is 534 g/mol. The molecule has 1 amide bonds. The lowest BCUT2D eigenvalue weighted by molar-refractivity contribution is -0.133. The molecule has 0 spiro atoms. The maximum absolute atomic E-state index is 13.3. The molecular weight excluding hydrogens is 496 g/mol. The van der Waals surface area contributed by atoms with E-state index >= 15 is 0 Å². The van der Waals surface area contributed by atoms with Gasteiger partial charge in [-0.3, -0.25) is 4.79 Å². The Bertz CT molecular complexity index is 908. The molecule has 11 heteroatoms. The van der Waals surface area contributed by atoms with E-state index in [2.05, 4.69) is 15.6 Å². The highest BCUT2D eigenvalue weighted by Gasteiger charge is 2.39. The molecular formula is C26H38N4O6S. The Balaban J connectivity index is 1.33. The van der Waals surface area contributed by atoms with E-state index in [1.54, 1.807) is 6.20 Å². The van der Waals surface area contributed by atoms with Crippen molar-refractivity contribution in [2.24, 2.45) is 5.41 Å². The first kappa shape index (κ1) is 29.1. The summed E-state index contributed by atoms with van der Waals surface area (Å²) in [5, 5.41) is 9.04. The number of anilines is 2. The summed E-state index contributed by atoms with van der Waals surface area (Å²) in [7, 11) is 0. The summed E-state index contributed by atoms with van der Waals surface area (Å²) >= 11 is 1.52. The van der Waals surface area contributed by atoms with Gasteiger partial charge in [0.1, 0.15) is 18.7 Å². The van der Waals surface area contributed by atoms with Gasteiger partial charge in [-0.2, -0.15) is 0 Å². The summed E-state index contributed by atoms with van der Waals surface area (Å²) in [5.41, 5.74) is 0.469. The van der Waals surface area contributed by atoms with Crippen molar-refractivity contribution in [3.05, 3.63) is 35.5 Å². The minimum atomic E-state index is -0.438. The maximum Gasteiger partial charge on any atom is 0.226 e. The zero-order chi connectivity index (χ0) is 26.0. The van der Waals surface area contributed by atoms with Gasteiger partial charge in [-0.25, -0.2) is 9.97 Å².